The topological polar surface area (TPSA) is 124 Å². The number of nitrogens with zero attached hydrogens (tertiary/aromatic N) is 1. The lowest BCUT2D eigenvalue weighted by Gasteiger charge is -2.39. The van der Waals surface area contributed by atoms with Crippen LogP contribution in [0.5, 0.6) is 11.5 Å². The quantitative estimate of drug-likeness (QED) is 0.482. The van der Waals surface area contributed by atoms with Gasteiger partial charge in [0.05, 0.1) is 39.0 Å². The fourth-order valence-electron chi connectivity index (χ4n) is 6.38. The average Bonchev–Trinajstić information content (AvgIpc) is 3.56. The van der Waals surface area contributed by atoms with Gasteiger partial charge in [-0.2, -0.15) is 0 Å². The van der Waals surface area contributed by atoms with Crippen LogP contribution in [0.15, 0.2) is 24.0 Å². The number of aliphatic hydroxyl groups is 2. The Hall–Kier alpha value is -2.82. The zero-order valence-corrected chi connectivity index (χ0v) is 22.2. The first-order valence-corrected chi connectivity index (χ1v) is 13.0. The molecule has 0 radical (unpaired) electrons. The zero-order valence-electron chi connectivity index (χ0n) is 23.2. The van der Waals surface area contributed by atoms with Crippen molar-refractivity contribution in [2.24, 2.45) is 0 Å². The van der Waals surface area contributed by atoms with E-state index in [1.165, 1.54) is 7.11 Å². The van der Waals surface area contributed by atoms with Gasteiger partial charge in [0.25, 0.3) is 0 Å². The van der Waals surface area contributed by atoms with Crippen LogP contribution >= 0.6 is 0 Å². The minimum absolute atomic E-state index is 0.0256. The molecule has 4 atom stereocenters. The van der Waals surface area contributed by atoms with Gasteiger partial charge in [-0.1, -0.05) is 0 Å². The van der Waals surface area contributed by atoms with Gasteiger partial charge in [-0.15, -0.1) is 0 Å². The van der Waals surface area contributed by atoms with Crippen LogP contribution in [-0.2, 0) is 30.2 Å². The molecule has 10 nitrogen and oxygen atoms in total. The molecule has 1 spiro atoms. The van der Waals surface area contributed by atoms with Gasteiger partial charge in [-0.05, 0) is 81.8 Å². The van der Waals surface area contributed by atoms with Crippen LogP contribution in [0.25, 0.3) is 0 Å². The summed E-state index contributed by atoms with van der Waals surface area (Å²) in [5.41, 5.74) is -1.88. The molecule has 4 aliphatic rings. The van der Waals surface area contributed by atoms with Crippen molar-refractivity contribution >= 4 is 11.9 Å². The van der Waals surface area contributed by atoms with E-state index >= 15 is 0 Å². The molecular formula is C28H37NO9. The van der Waals surface area contributed by atoms with Crippen LogP contribution < -0.4 is 9.47 Å². The first-order chi connectivity index (χ1) is 18.5. The number of hydrogen-bond donors (Lipinski definition) is 2. The molecule has 0 saturated carbocycles. The van der Waals surface area contributed by atoms with Crippen molar-refractivity contribution < 1.29 is 44.9 Å². The fourth-order valence-corrected chi connectivity index (χ4v) is 6.38. The Morgan fingerprint density at radius 2 is 1.97 bits per heavy atom. The third kappa shape index (κ3) is 4.63. The number of ether oxygens (including phenoxy) is 5. The van der Waals surface area contributed by atoms with Gasteiger partial charge in [0.1, 0.15) is 5.76 Å². The molecule has 0 amide bonds. The molecule has 208 valence electrons. The lowest BCUT2D eigenvalue weighted by Crippen LogP contribution is -2.49. The van der Waals surface area contributed by atoms with E-state index in [0.717, 1.165) is 43.5 Å². The van der Waals surface area contributed by atoms with Crippen molar-refractivity contribution in [1.29, 1.82) is 0 Å². The van der Waals surface area contributed by atoms with Gasteiger partial charge in [-0.25, -0.2) is 4.79 Å². The monoisotopic (exact) mass is 532 g/mol. The normalized spacial score (nSPS) is 27.7. The molecule has 0 aromatic heterocycles. The van der Waals surface area contributed by atoms with Gasteiger partial charge in [0.2, 0.25) is 6.79 Å². The maximum Gasteiger partial charge on any atom is 0.339 e. The van der Waals surface area contributed by atoms with Crippen LogP contribution in [-0.4, -0.2) is 84.0 Å². The minimum Gasteiger partial charge on any atom is -0.497 e. The van der Waals surface area contributed by atoms with E-state index in [4.69, 9.17) is 25.1 Å². The Balaban J connectivity index is 1.52. The SMILES string of the molecule is [2H]COC(=O)C[C@](O)(CCC(C)(C)O)C(=O)OC1C(OC)=C[C@@]23CCCN2CCc2cc4c(cc2[C@H]13)OCO4. The molecule has 1 unspecified atom stereocenters. The molecule has 3 aliphatic heterocycles. The van der Waals surface area contributed by atoms with Crippen molar-refractivity contribution in [2.45, 2.75) is 81.1 Å². The number of rotatable bonds is 8. The van der Waals surface area contributed by atoms with E-state index in [0.29, 0.717) is 17.3 Å². The second-order valence-electron chi connectivity index (χ2n) is 11.3. The molecule has 38 heavy (non-hydrogen) atoms. The van der Waals surface area contributed by atoms with Gasteiger partial charge in [-0.3, -0.25) is 9.69 Å². The van der Waals surface area contributed by atoms with E-state index in [2.05, 4.69) is 4.90 Å². The summed E-state index contributed by atoms with van der Waals surface area (Å²) in [5.74, 6) is -0.458. The second-order valence-corrected chi connectivity index (χ2v) is 11.3. The predicted octanol–water partition coefficient (Wildman–Crippen LogP) is 2.19. The molecule has 10 heteroatoms. The highest BCUT2D eigenvalue weighted by Crippen LogP contribution is 2.55. The Kier molecular flexibility index (Phi) is 6.52. The van der Waals surface area contributed by atoms with Crippen LogP contribution in [0.2, 0.25) is 0 Å². The zero-order chi connectivity index (χ0) is 28.0. The number of hydrogen-bond acceptors (Lipinski definition) is 10. The molecule has 5 rings (SSSR count). The van der Waals surface area contributed by atoms with Crippen LogP contribution in [0.1, 0.15) is 64.4 Å². The van der Waals surface area contributed by atoms with E-state index in [1.54, 1.807) is 13.8 Å². The summed E-state index contributed by atoms with van der Waals surface area (Å²) in [4.78, 5) is 28.4. The second kappa shape index (κ2) is 9.73. The van der Waals surface area contributed by atoms with Crippen LogP contribution in [0.3, 0.4) is 0 Å². The molecule has 3 heterocycles. The van der Waals surface area contributed by atoms with E-state index in [1.807, 2.05) is 18.2 Å². The van der Waals surface area contributed by atoms with Gasteiger partial charge in [0.15, 0.2) is 23.2 Å². The Bertz CT molecular complexity index is 1160. The lowest BCUT2D eigenvalue weighted by molar-refractivity contribution is -0.179. The Morgan fingerprint density at radius 3 is 2.68 bits per heavy atom. The average molecular weight is 533 g/mol. The summed E-state index contributed by atoms with van der Waals surface area (Å²) in [5, 5.41) is 21.7. The first kappa shape index (κ1) is 25.5. The summed E-state index contributed by atoms with van der Waals surface area (Å²) in [6.45, 7) is 4.94. The third-order valence-corrected chi connectivity index (χ3v) is 8.33. The van der Waals surface area contributed by atoms with Crippen LogP contribution in [0.4, 0.5) is 0 Å². The smallest absolute Gasteiger partial charge is 0.339 e. The van der Waals surface area contributed by atoms with Crippen molar-refractivity contribution in [3.05, 3.63) is 35.1 Å². The number of esters is 2. The number of fused-ring (bicyclic) bond motifs is 3. The van der Waals surface area contributed by atoms with Crippen LogP contribution in [0, 0.1) is 0 Å². The molecule has 2 N–H and O–H groups in total. The minimum atomic E-state index is -2.27. The first-order valence-electron chi connectivity index (χ1n) is 13.8. The third-order valence-electron chi connectivity index (χ3n) is 8.33. The molecule has 1 aliphatic carbocycles. The fraction of sp³-hybridized carbons (Fsp3) is 0.643. The summed E-state index contributed by atoms with van der Waals surface area (Å²) in [6, 6.07) is 3.96. The number of carbonyl (C=O) groups is 2. The highest BCUT2D eigenvalue weighted by molar-refractivity contribution is 5.86. The lowest BCUT2D eigenvalue weighted by atomic mass is 9.77. The largest absolute Gasteiger partial charge is 0.497 e. The van der Waals surface area contributed by atoms with Crippen molar-refractivity contribution in [2.75, 3.05) is 34.1 Å². The molecule has 1 fully saturated rings. The summed E-state index contributed by atoms with van der Waals surface area (Å²) >= 11 is 0. The van der Waals surface area contributed by atoms with Crippen molar-refractivity contribution in [3.63, 3.8) is 0 Å². The van der Waals surface area contributed by atoms with Crippen molar-refractivity contribution in [3.8, 4) is 11.5 Å². The van der Waals surface area contributed by atoms with Gasteiger partial charge in [0, 0.05) is 6.54 Å². The molecule has 1 aromatic rings. The van der Waals surface area contributed by atoms with E-state index in [-0.39, 0.29) is 25.6 Å². The maximum absolute atomic E-state index is 13.7. The Morgan fingerprint density at radius 1 is 1.21 bits per heavy atom. The van der Waals surface area contributed by atoms with Crippen molar-refractivity contribution in [1.82, 2.24) is 4.90 Å². The highest BCUT2D eigenvalue weighted by atomic mass is 16.7. The number of carbonyl (C=O) groups excluding carboxylic acids is 2. The standard InChI is InChI=1S/C28H37NO9/c1-26(2,32)8-9-28(33,15-22(30)35-4)25(31)38-24-21(34-3)14-27-7-5-10-29(27)11-6-17-12-19-20(37-16-36-19)13-18(17)23(24)27/h12-14,23-24,32-33H,5-11,15-16H2,1-4H3/t23-,24?,27-,28-/m1/s1/i4D. The Labute approximate surface area is 223 Å². The number of methoxy groups -OCH3 is 2. The molecular weight excluding hydrogens is 494 g/mol. The van der Waals surface area contributed by atoms with Gasteiger partial charge < -0.3 is 33.9 Å². The summed E-state index contributed by atoms with van der Waals surface area (Å²) in [6.07, 6.45) is 2.86. The summed E-state index contributed by atoms with van der Waals surface area (Å²) in [7, 11) is 0.891. The highest BCUT2D eigenvalue weighted by Gasteiger charge is 2.59. The summed E-state index contributed by atoms with van der Waals surface area (Å²) < 4.78 is 35.1. The van der Waals surface area contributed by atoms with Gasteiger partial charge >= 0.3 is 11.9 Å². The maximum atomic E-state index is 13.7. The molecule has 0 bridgehead atoms. The van der Waals surface area contributed by atoms with E-state index in [9.17, 15) is 19.8 Å². The molecule has 1 aromatic carbocycles. The molecule has 1 saturated heterocycles. The number of benzene rings is 1. The van der Waals surface area contributed by atoms with E-state index < -0.39 is 48.3 Å². The predicted molar refractivity (Wildman–Crippen MR) is 135 cm³/mol.